The molecule has 0 saturated carbocycles. The van der Waals surface area contributed by atoms with Crippen LogP contribution >= 0.6 is 11.8 Å². The molecule has 2 saturated heterocycles. The summed E-state index contributed by atoms with van der Waals surface area (Å²) in [6.45, 7) is 6.52. The third-order valence-electron chi connectivity index (χ3n) is 3.80. The fourth-order valence-electron chi connectivity index (χ4n) is 2.73. The van der Waals surface area contributed by atoms with Crippen LogP contribution in [0.1, 0.15) is 25.0 Å². The first-order chi connectivity index (χ1) is 9.33. The summed E-state index contributed by atoms with van der Waals surface area (Å²) in [6, 6.07) is 2.13. The molecule has 0 unspecified atom stereocenters. The molecule has 2 aliphatic rings. The van der Waals surface area contributed by atoms with E-state index in [-0.39, 0.29) is 0 Å². The highest BCUT2D eigenvalue weighted by Crippen LogP contribution is 2.22. The van der Waals surface area contributed by atoms with Crippen molar-refractivity contribution in [1.29, 1.82) is 0 Å². The maximum Gasteiger partial charge on any atom is 0.227 e. The molecule has 2 aliphatic heterocycles. The average molecular weight is 278 g/mol. The number of rotatable bonds is 2. The Morgan fingerprint density at radius 3 is 2.42 bits per heavy atom. The van der Waals surface area contributed by atoms with E-state index in [4.69, 9.17) is 4.98 Å². The lowest BCUT2D eigenvalue weighted by molar-refractivity contribution is 0.567. The highest BCUT2D eigenvalue weighted by atomic mass is 32.2. The normalized spacial score (nSPS) is 20.7. The van der Waals surface area contributed by atoms with Crippen LogP contribution in [-0.4, -0.2) is 47.7 Å². The van der Waals surface area contributed by atoms with Gasteiger partial charge in [0.2, 0.25) is 5.95 Å². The van der Waals surface area contributed by atoms with Crippen LogP contribution in [0.5, 0.6) is 0 Å². The number of piperidine rings is 1. The van der Waals surface area contributed by atoms with Crippen molar-refractivity contribution in [3.05, 3.63) is 11.8 Å². The predicted octanol–water partition coefficient (Wildman–Crippen LogP) is 2.33. The van der Waals surface area contributed by atoms with Gasteiger partial charge in [0.1, 0.15) is 5.82 Å². The van der Waals surface area contributed by atoms with Crippen LogP contribution in [0.3, 0.4) is 0 Å². The zero-order valence-electron chi connectivity index (χ0n) is 11.6. The number of hydrogen-bond donors (Lipinski definition) is 0. The number of anilines is 2. The number of aromatic nitrogens is 2. The first kappa shape index (κ1) is 13.0. The number of nitrogens with zero attached hydrogens (tertiary/aromatic N) is 4. The van der Waals surface area contributed by atoms with Gasteiger partial charge in [-0.15, -0.1) is 0 Å². The molecule has 0 spiro atoms. The van der Waals surface area contributed by atoms with Crippen molar-refractivity contribution in [2.24, 2.45) is 0 Å². The van der Waals surface area contributed by atoms with E-state index in [0.717, 1.165) is 43.6 Å². The Hall–Kier alpha value is -0.970. The summed E-state index contributed by atoms with van der Waals surface area (Å²) in [5.41, 5.74) is 1.09. The minimum Gasteiger partial charge on any atom is -0.355 e. The SMILES string of the molecule is Cc1cc(N2CCSCC2)nc(N2CCCCC2)n1. The largest absolute Gasteiger partial charge is 0.355 e. The predicted molar refractivity (Wildman–Crippen MR) is 82.4 cm³/mol. The molecule has 0 aliphatic carbocycles. The molecule has 0 bridgehead atoms. The minimum atomic E-state index is 0.938. The molecule has 2 fully saturated rings. The number of thioether (sulfide) groups is 1. The molecule has 3 rings (SSSR count). The van der Waals surface area contributed by atoms with Crippen molar-refractivity contribution < 1.29 is 0 Å². The smallest absolute Gasteiger partial charge is 0.227 e. The van der Waals surface area contributed by atoms with Crippen LogP contribution in [0.2, 0.25) is 0 Å². The van der Waals surface area contributed by atoms with Gasteiger partial charge in [0.25, 0.3) is 0 Å². The van der Waals surface area contributed by atoms with Gasteiger partial charge >= 0.3 is 0 Å². The summed E-state index contributed by atoms with van der Waals surface area (Å²) in [5.74, 6) is 4.48. The highest BCUT2D eigenvalue weighted by Gasteiger charge is 2.18. The second kappa shape index (κ2) is 5.99. The van der Waals surface area contributed by atoms with Crippen molar-refractivity contribution >= 4 is 23.5 Å². The van der Waals surface area contributed by atoms with E-state index in [0.29, 0.717) is 0 Å². The Kier molecular flexibility index (Phi) is 4.11. The summed E-state index contributed by atoms with van der Waals surface area (Å²) < 4.78 is 0. The van der Waals surface area contributed by atoms with Gasteiger partial charge in [-0.25, -0.2) is 4.98 Å². The molecule has 4 nitrogen and oxygen atoms in total. The molecule has 104 valence electrons. The zero-order valence-corrected chi connectivity index (χ0v) is 12.5. The molecule has 19 heavy (non-hydrogen) atoms. The lowest BCUT2D eigenvalue weighted by atomic mass is 10.1. The van der Waals surface area contributed by atoms with Crippen molar-refractivity contribution in [2.45, 2.75) is 26.2 Å². The van der Waals surface area contributed by atoms with Gasteiger partial charge in [0, 0.05) is 49.4 Å². The van der Waals surface area contributed by atoms with E-state index in [1.54, 1.807) is 0 Å². The van der Waals surface area contributed by atoms with Crippen LogP contribution in [0, 0.1) is 6.92 Å². The van der Waals surface area contributed by atoms with Crippen molar-refractivity contribution in [2.75, 3.05) is 47.5 Å². The second-order valence-corrected chi connectivity index (χ2v) is 6.54. The average Bonchev–Trinajstić information content (AvgIpc) is 2.48. The van der Waals surface area contributed by atoms with Gasteiger partial charge in [-0.05, 0) is 26.2 Å². The molecule has 0 N–H and O–H groups in total. The van der Waals surface area contributed by atoms with E-state index < -0.39 is 0 Å². The van der Waals surface area contributed by atoms with Gasteiger partial charge in [-0.2, -0.15) is 16.7 Å². The lowest BCUT2D eigenvalue weighted by Crippen LogP contribution is -2.35. The fourth-order valence-corrected chi connectivity index (χ4v) is 3.63. The first-order valence-corrected chi connectivity index (χ1v) is 8.42. The van der Waals surface area contributed by atoms with E-state index in [9.17, 15) is 0 Å². The summed E-state index contributed by atoms with van der Waals surface area (Å²) in [4.78, 5) is 14.2. The van der Waals surface area contributed by atoms with E-state index >= 15 is 0 Å². The number of hydrogen-bond acceptors (Lipinski definition) is 5. The summed E-state index contributed by atoms with van der Waals surface area (Å²) in [5, 5.41) is 0. The minimum absolute atomic E-state index is 0.938. The van der Waals surface area contributed by atoms with Crippen molar-refractivity contribution in [3.8, 4) is 0 Å². The Morgan fingerprint density at radius 2 is 1.68 bits per heavy atom. The van der Waals surface area contributed by atoms with Gasteiger partial charge in [0.05, 0.1) is 0 Å². The van der Waals surface area contributed by atoms with Crippen molar-refractivity contribution in [1.82, 2.24) is 9.97 Å². The Labute approximate surface area is 119 Å². The Morgan fingerprint density at radius 1 is 0.947 bits per heavy atom. The monoisotopic (exact) mass is 278 g/mol. The van der Waals surface area contributed by atoms with E-state index in [1.807, 2.05) is 11.8 Å². The first-order valence-electron chi connectivity index (χ1n) is 7.26. The third kappa shape index (κ3) is 3.14. The van der Waals surface area contributed by atoms with Crippen LogP contribution in [0.4, 0.5) is 11.8 Å². The zero-order chi connectivity index (χ0) is 13.1. The maximum atomic E-state index is 4.81. The molecular weight excluding hydrogens is 256 g/mol. The Balaban J connectivity index is 1.82. The van der Waals surface area contributed by atoms with Gasteiger partial charge in [0.15, 0.2) is 0 Å². The number of aryl methyl sites for hydroxylation is 1. The lowest BCUT2D eigenvalue weighted by Gasteiger charge is -2.30. The van der Waals surface area contributed by atoms with Crippen LogP contribution < -0.4 is 9.80 Å². The highest BCUT2D eigenvalue weighted by molar-refractivity contribution is 7.99. The van der Waals surface area contributed by atoms with E-state index in [2.05, 4.69) is 27.8 Å². The molecule has 1 aromatic heterocycles. The summed E-state index contributed by atoms with van der Waals surface area (Å²) in [6.07, 6.45) is 3.89. The van der Waals surface area contributed by atoms with Crippen LogP contribution in [-0.2, 0) is 0 Å². The van der Waals surface area contributed by atoms with E-state index in [1.165, 1.54) is 30.8 Å². The van der Waals surface area contributed by atoms with Gasteiger partial charge < -0.3 is 9.80 Å². The molecule has 0 aromatic carbocycles. The quantitative estimate of drug-likeness (QED) is 0.829. The topological polar surface area (TPSA) is 32.3 Å². The maximum absolute atomic E-state index is 4.81. The van der Waals surface area contributed by atoms with Crippen molar-refractivity contribution in [3.63, 3.8) is 0 Å². The molecule has 0 atom stereocenters. The van der Waals surface area contributed by atoms with Crippen LogP contribution in [0.15, 0.2) is 6.07 Å². The summed E-state index contributed by atoms with van der Waals surface area (Å²) >= 11 is 2.03. The van der Waals surface area contributed by atoms with Gasteiger partial charge in [-0.1, -0.05) is 0 Å². The second-order valence-electron chi connectivity index (χ2n) is 5.31. The Bertz CT molecular complexity index is 389. The van der Waals surface area contributed by atoms with Gasteiger partial charge in [-0.3, -0.25) is 0 Å². The molecule has 5 heteroatoms. The fraction of sp³-hybridized carbons (Fsp3) is 0.714. The molecular formula is C14H22N4S. The molecule has 3 heterocycles. The molecule has 0 radical (unpaired) electrons. The summed E-state index contributed by atoms with van der Waals surface area (Å²) in [7, 11) is 0. The third-order valence-corrected chi connectivity index (χ3v) is 4.75. The standard InChI is InChI=1S/C14H22N4S/c1-12-11-13(17-7-9-19-10-8-17)16-14(15-12)18-5-3-2-4-6-18/h11H,2-10H2,1H3. The molecule has 0 amide bonds. The molecule has 1 aromatic rings. The van der Waals surface area contributed by atoms with Crippen LogP contribution in [0.25, 0.3) is 0 Å².